The number of anilines is 2. The van der Waals surface area contributed by atoms with Gasteiger partial charge >= 0.3 is 0 Å². The topological polar surface area (TPSA) is 62.6 Å². The Kier molecular flexibility index (Phi) is 7.29. The number of amides is 1. The van der Waals surface area contributed by atoms with Gasteiger partial charge in [0.2, 0.25) is 5.91 Å². The van der Waals surface area contributed by atoms with Crippen LogP contribution < -0.4 is 10.2 Å². The molecule has 1 amide bonds. The number of para-hydroxylation sites is 2. The third-order valence-electron chi connectivity index (χ3n) is 7.81. The van der Waals surface area contributed by atoms with Crippen molar-refractivity contribution >= 4 is 23.1 Å². The third-order valence-corrected chi connectivity index (χ3v) is 7.81. The third kappa shape index (κ3) is 5.07. The molecule has 1 aromatic heterocycles. The summed E-state index contributed by atoms with van der Waals surface area (Å²) in [4.78, 5) is 29.6. The van der Waals surface area contributed by atoms with Crippen molar-refractivity contribution in [1.82, 2.24) is 0 Å². The molecule has 2 aliphatic rings. The molecule has 0 unspecified atom stereocenters. The molecule has 0 spiro atoms. The van der Waals surface area contributed by atoms with Crippen LogP contribution in [0.1, 0.15) is 95.1 Å². The van der Waals surface area contributed by atoms with Gasteiger partial charge in [-0.2, -0.15) is 0 Å². The second-order valence-corrected chi connectivity index (χ2v) is 11.6. The largest absolute Gasteiger partial charge is 0.467 e. The van der Waals surface area contributed by atoms with Gasteiger partial charge in [0, 0.05) is 24.1 Å². The molecule has 0 radical (unpaired) electrons. The number of nitrogens with zero attached hydrogens (tertiary/aromatic N) is 1. The van der Waals surface area contributed by atoms with Crippen molar-refractivity contribution in [1.29, 1.82) is 0 Å². The summed E-state index contributed by atoms with van der Waals surface area (Å²) in [6, 6.07) is 19.7. The Morgan fingerprint density at radius 1 is 1.00 bits per heavy atom. The minimum atomic E-state index is -0.595. The second kappa shape index (κ2) is 10.6. The maximum atomic E-state index is 14.0. The summed E-state index contributed by atoms with van der Waals surface area (Å²) in [5.41, 5.74) is 5.66. The fraction of sp³-hybridized carbons (Fsp3) is 0.394. The number of Topliss-reactive ketones (excluding diaryl/α,β-unsaturated/α-hetero) is 1. The molecule has 1 N–H and O–H groups in total. The van der Waals surface area contributed by atoms with Gasteiger partial charge in [0.25, 0.3) is 0 Å². The van der Waals surface area contributed by atoms with Crippen LogP contribution in [-0.2, 0) is 15.0 Å². The first-order valence-electron chi connectivity index (χ1n) is 13.9. The number of hydrogen-bond acceptors (Lipinski definition) is 4. The Labute approximate surface area is 225 Å². The van der Waals surface area contributed by atoms with Gasteiger partial charge in [-0.05, 0) is 59.6 Å². The Bertz CT molecular complexity index is 1330. The van der Waals surface area contributed by atoms with Crippen LogP contribution >= 0.6 is 0 Å². The quantitative estimate of drug-likeness (QED) is 0.341. The number of ketones is 1. The maximum absolute atomic E-state index is 14.0. The Morgan fingerprint density at radius 3 is 2.45 bits per heavy atom. The van der Waals surface area contributed by atoms with Gasteiger partial charge in [0.15, 0.2) is 5.78 Å². The van der Waals surface area contributed by atoms with Crippen LogP contribution in [0.3, 0.4) is 0 Å². The number of furan rings is 1. The summed E-state index contributed by atoms with van der Waals surface area (Å²) in [5.74, 6) is 0.750. The smallest absolute Gasteiger partial charge is 0.228 e. The molecule has 3 aromatic rings. The summed E-state index contributed by atoms with van der Waals surface area (Å²) in [7, 11) is 0. The van der Waals surface area contributed by atoms with Crippen molar-refractivity contribution in [2.24, 2.45) is 0 Å². The van der Waals surface area contributed by atoms with Crippen LogP contribution in [-0.4, -0.2) is 11.7 Å². The lowest BCUT2D eigenvalue weighted by molar-refractivity contribution is -0.119. The van der Waals surface area contributed by atoms with E-state index in [9.17, 15) is 9.59 Å². The van der Waals surface area contributed by atoms with Crippen LogP contribution in [0, 0.1) is 0 Å². The molecule has 198 valence electrons. The molecule has 2 atom stereocenters. The van der Waals surface area contributed by atoms with Gasteiger partial charge in [-0.3, -0.25) is 14.5 Å². The average molecular weight is 511 g/mol. The lowest BCUT2D eigenvalue weighted by atomic mass is 9.78. The van der Waals surface area contributed by atoms with E-state index in [1.807, 2.05) is 36.4 Å². The van der Waals surface area contributed by atoms with E-state index in [-0.39, 0.29) is 23.0 Å². The van der Waals surface area contributed by atoms with Gasteiger partial charge in [-0.1, -0.05) is 76.9 Å². The van der Waals surface area contributed by atoms with Gasteiger partial charge in [-0.15, -0.1) is 0 Å². The molecule has 5 rings (SSSR count). The number of unbranched alkanes of at least 4 members (excludes halogenated alkanes) is 2. The molecular formula is C33H38N2O3. The number of hydrogen-bond donors (Lipinski definition) is 1. The van der Waals surface area contributed by atoms with E-state index in [0.29, 0.717) is 30.6 Å². The average Bonchev–Trinajstić information content (AvgIpc) is 3.38. The van der Waals surface area contributed by atoms with E-state index >= 15 is 0 Å². The summed E-state index contributed by atoms with van der Waals surface area (Å²) in [6.45, 7) is 8.76. The first kappa shape index (κ1) is 26.0. The number of carbonyl (C=O) groups excluding carboxylic acids is 2. The highest BCUT2D eigenvalue weighted by Gasteiger charge is 2.42. The van der Waals surface area contributed by atoms with Gasteiger partial charge in [0.1, 0.15) is 11.8 Å². The van der Waals surface area contributed by atoms with Crippen molar-refractivity contribution in [2.45, 2.75) is 83.6 Å². The van der Waals surface area contributed by atoms with Crippen LogP contribution in [0.2, 0.25) is 0 Å². The van der Waals surface area contributed by atoms with Gasteiger partial charge < -0.3 is 9.73 Å². The Balaban J connectivity index is 1.58. The zero-order valence-electron chi connectivity index (χ0n) is 22.9. The van der Waals surface area contributed by atoms with Crippen molar-refractivity contribution < 1.29 is 14.0 Å². The predicted octanol–water partition coefficient (Wildman–Crippen LogP) is 8.06. The lowest BCUT2D eigenvalue weighted by Crippen LogP contribution is -2.38. The van der Waals surface area contributed by atoms with Crippen LogP contribution in [0.4, 0.5) is 11.4 Å². The molecule has 0 bridgehead atoms. The number of benzene rings is 2. The zero-order valence-corrected chi connectivity index (χ0v) is 22.9. The van der Waals surface area contributed by atoms with E-state index in [2.05, 4.69) is 57.3 Å². The number of allylic oxidation sites excluding steroid dienone is 1. The molecule has 0 saturated heterocycles. The fourth-order valence-electron chi connectivity index (χ4n) is 5.72. The Hall–Kier alpha value is -3.60. The molecule has 2 aromatic carbocycles. The molecule has 5 nitrogen and oxygen atoms in total. The van der Waals surface area contributed by atoms with E-state index in [1.165, 1.54) is 11.1 Å². The molecule has 0 fully saturated rings. The SMILES string of the molecule is CCCCCC(=O)N1c2ccccc2NC2=C(C(=O)C[C@@H](c3ccc(C(C)(C)C)cc3)C2)[C@@H]1c1ccco1. The number of rotatable bonds is 6. The monoisotopic (exact) mass is 510 g/mol. The highest BCUT2D eigenvalue weighted by atomic mass is 16.3. The minimum Gasteiger partial charge on any atom is -0.467 e. The lowest BCUT2D eigenvalue weighted by Gasteiger charge is -2.34. The first-order valence-corrected chi connectivity index (χ1v) is 13.9. The molecular weight excluding hydrogens is 472 g/mol. The van der Waals surface area contributed by atoms with Crippen molar-refractivity contribution in [3.63, 3.8) is 0 Å². The number of carbonyl (C=O) groups is 2. The fourth-order valence-corrected chi connectivity index (χ4v) is 5.72. The van der Waals surface area contributed by atoms with E-state index in [1.54, 1.807) is 11.2 Å². The predicted molar refractivity (Wildman–Crippen MR) is 152 cm³/mol. The molecule has 38 heavy (non-hydrogen) atoms. The standard InChI is InChI=1S/C33H38N2O3/c1-5-6-7-14-30(37)35-27-12-9-8-11-25(27)34-26-20-23(22-15-17-24(18-16-22)33(2,3)4)21-28(36)31(26)32(35)29-13-10-19-38-29/h8-13,15-19,23,32,34H,5-7,14,20-21H2,1-4H3/t23-,32-/m0/s1. The highest BCUT2D eigenvalue weighted by molar-refractivity contribution is 6.06. The second-order valence-electron chi connectivity index (χ2n) is 11.6. The van der Waals surface area contributed by atoms with Crippen LogP contribution in [0.15, 0.2) is 82.6 Å². The normalized spacial score (nSPS) is 19.5. The number of nitrogens with one attached hydrogen (secondary N) is 1. The van der Waals surface area contributed by atoms with E-state index in [4.69, 9.17) is 4.42 Å². The van der Waals surface area contributed by atoms with Crippen molar-refractivity contribution in [3.8, 4) is 0 Å². The summed E-state index contributed by atoms with van der Waals surface area (Å²) in [6.07, 6.45) is 6.00. The van der Waals surface area contributed by atoms with Gasteiger partial charge in [-0.25, -0.2) is 0 Å². The number of fused-ring (bicyclic) bond motifs is 1. The zero-order chi connectivity index (χ0) is 26.9. The van der Waals surface area contributed by atoms with Crippen LogP contribution in [0.5, 0.6) is 0 Å². The Morgan fingerprint density at radius 2 is 1.76 bits per heavy atom. The first-order chi connectivity index (χ1) is 18.3. The molecule has 0 saturated carbocycles. The summed E-state index contributed by atoms with van der Waals surface area (Å²) in [5, 5.41) is 3.59. The molecule has 5 heteroatoms. The van der Waals surface area contributed by atoms with Crippen molar-refractivity contribution in [3.05, 3.63) is 95.1 Å². The highest BCUT2D eigenvalue weighted by Crippen LogP contribution is 2.47. The van der Waals surface area contributed by atoms with E-state index < -0.39 is 6.04 Å². The summed E-state index contributed by atoms with van der Waals surface area (Å²) < 4.78 is 5.90. The molecule has 1 aliphatic heterocycles. The maximum Gasteiger partial charge on any atom is 0.228 e. The molecule has 1 aliphatic carbocycles. The summed E-state index contributed by atoms with van der Waals surface area (Å²) >= 11 is 0. The van der Waals surface area contributed by atoms with Crippen molar-refractivity contribution in [2.75, 3.05) is 10.2 Å². The van der Waals surface area contributed by atoms with E-state index in [0.717, 1.165) is 36.3 Å². The van der Waals surface area contributed by atoms with Gasteiger partial charge in [0.05, 0.1) is 17.6 Å². The minimum absolute atomic E-state index is 0.00976. The molecule has 2 heterocycles. The van der Waals surface area contributed by atoms with Crippen LogP contribution in [0.25, 0.3) is 0 Å².